The summed E-state index contributed by atoms with van der Waals surface area (Å²) in [5, 5.41) is 4.04. The summed E-state index contributed by atoms with van der Waals surface area (Å²) in [4.78, 5) is 12.3. The van der Waals surface area contributed by atoms with Crippen LogP contribution in [0.25, 0.3) is 0 Å². The van der Waals surface area contributed by atoms with Crippen LogP contribution in [-0.2, 0) is 0 Å². The molecule has 1 aromatic rings. The third-order valence-corrected chi connectivity index (χ3v) is 3.86. The Labute approximate surface area is 118 Å². The molecule has 0 aliphatic carbocycles. The minimum absolute atomic E-state index is 0.0257. The molecule has 0 heterocycles. The second-order valence-corrected chi connectivity index (χ2v) is 5.92. The highest BCUT2D eigenvalue weighted by Gasteiger charge is 2.24. The molecule has 1 aromatic carbocycles. The summed E-state index contributed by atoms with van der Waals surface area (Å²) in [7, 11) is 0. The number of hydrogen-bond acceptors (Lipinski definition) is 1. The zero-order valence-corrected chi connectivity index (χ0v) is 13.2. The van der Waals surface area contributed by atoms with Gasteiger partial charge in [-0.05, 0) is 45.2 Å². The number of benzene rings is 1. The third-order valence-electron chi connectivity index (χ3n) is 3.47. The van der Waals surface area contributed by atoms with Crippen molar-refractivity contribution in [1.29, 1.82) is 0 Å². The van der Waals surface area contributed by atoms with Crippen molar-refractivity contribution < 1.29 is 4.79 Å². The molecule has 0 spiro atoms. The van der Waals surface area contributed by atoms with Crippen LogP contribution in [0.1, 0.15) is 48.2 Å². The summed E-state index contributed by atoms with van der Waals surface area (Å²) in [6, 6.07) is 5.93. The van der Waals surface area contributed by atoms with Gasteiger partial charge in [-0.1, -0.05) is 40.5 Å². The first-order valence-electron chi connectivity index (χ1n) is 6.37. The van der Waals surface area contributed by atoms with E-state index >= 15 is 0 Å². The van der Waals surface area contributed by atoms with Crippen LogP contribution in [0, 0.1) is 13.8 Å². The van der Waals surface area contributed by atoms with Crippen molar-refractivity contribution in [1.82, 2.24) is 5.32 Å². The predicted octanol–water partition coefficient (Wildman–Crippen LogP) is 3.99. The molecule has 0 bridgehead atoms. The fourth-order valence-corrected chi connectivity index (χ4v) is 2.82. The molecular formula is C15H22BrNO. The normalized spacial score (nSPS) is 14.1. The molecule has 1 N–H and O–H groups in total. The number of amides is 1. The van der Waals surface area contributed by atoms with Gasteiger partial charge in [-0.3, -0.25) is 4.79 Å². The number of aryl methyl sites for hydroxylation is 2. The second kappa shape index (κ2) is 6.37. The minimum atomic E-state index is -0.141. The first kappa shape index (κ1) is 15.2. The Balaban J connectivity index is 2.87. The molecule has 2 nitrogen and oxygen atoms in total. The molecule has 0 aliphatic heterocycles. The van der Waals surface area contributed by atoms with Crippen molar-refractivity contribution in [2.45, 2.75) is 46.1 Å². The van der Waals surface area contributed by atoms with E-state index in [-0.39, 0.29) is 11.4 Å². The number of nitrogens with one attached hydrogen (secondary N) is 1. The van der Waals surface area contributed by atoms with E-state index in [4.69, 9.17) is 0 Å². The van der Waals surface area contributed by atoms with Gasteiger partial charge in [0.25, 0.3) is 5.91 Å². The fourth-order valence-electron chi connectivity index (χ4n) is 1.95. The largest absolute Gasteiger partial charge is 0.347 e. The number of hydrogen-bond donors (Lipinski definition) is 1. The number of halogens is 1. The van der Waals surface area contributed by atoms with E-state index < -0.39 is 0 Å². The number of carbonyl (C=O) groups excluding carboxylic acids is 1. The molecule has 100 valence electrons. The Kier molecular flexibility index (Phi) is 5.39. The second-order valence-electron chi connectivity index (χ2n) is 5.13. The van der Waals surface area contributed by atoms with Crippen molar-refractivity contribution in [2.75, 3.05) is 5.33 Å². The average molecular weight is 312 g/mol. The third kappa shape index (κ3) is 3.84. The van der Waals surface area contributed by atoms with Crippen molar-refractivity contribution in [3.05, 3.63) is 34.9 Å². The molecule has 0 saturated carbocycles. The van der Waals surface area contributed by atoms with Gasteiger partial charge < -0.3 is 5.32 Å². The van der Waals surface area contributed by atoms with Gasteiger partial charge in [-0.25, -0.2) is 0 Å². The molecule has 0 saturated heterocycles. The highest BCUT2D eigenvalue weighted by atomic mass is 79.9. The standard InChI is InChI=1S/C15H22BrNO/c1-5-15(4,8-9-16)17-14(18)13-7-6-11(2)10-12(13)3/h6-7,10H,5,8-9H2,1-4H3,(H,17,18). The topological polar surface area (TPSA) is 29.1 Å². The molecule has 18 heavy (non-hydrogen) atoms. The van der Waals surface area contributed by atoms with Gasteiger partial charge in [0.2, 0.25) is 0 Å². The number of rotatable bonds is 5. The molecule has 0 aliphatic rings. The monoisotopic (exact) mass is 311 g/mol. The summed E-state index contributed by atoms with van der Waals surface area (Å²) in [6.45, 7) is 8.21. The summed E-state index contributed by atoms with van der Waals surface area (Å²) < 4.78 is 0. The van der Waals surface area contributed by atoms with Crippen LogP contribution in [0.3, 0.4) is 0 Å². The molecule has 0 radical (unpaired) electrons. The Morgan fingerprint density at radius 3 is 2.56 bits per heavy atom. The van der Waals surface area contributed by atoms with Crippen LogP contribution in [0.5, 0.6) is 0 Å². The summed E-state index contributed by atoms with van der Waals surface area (Å²) in [5.74, 6) is 0.0257. The van der Waals surface area contributed by atoms with Gasteiger partial charge in [0.15, 0.2) is 0 Å². The van der Waals surface area contributed by atoms with Crippen LogP contribution in [0.2, 0.25) is 0 Å². The van der Waals surface area contributed by atoms with Crippen molar-refractivity contribution in [3.8, 4) is 0 Å². The smallest absolute Gasteiger partial charge is 0.251 e. The quantitative estimate of drug-likeness (QED) is 0.819. The van der Waals surface area contributed by atoms with Gasteiger partial charge >= 0.3 is 0 Å². The molecule has 3 heteroatoms. The number of alkyl halides is 1. The van der Waals surface area contributed by atoms with Gasteiger partial charge in [0.1, 0.15) is 0 Å². The minimum Gasteiger partial charge on any atom is -0.347 e. The van der Waals surface area contributed by atoms with Crippen LogP contribution in [-0.4, -0.2) is 16.8 Å². The van der Waals surface area contributed by atoms with Crippen LogP contribution < -0.4 is 5.32 Å². The Morgan fingerprint density at radius 1 is 1.39 bits per heavy atom. The molecule has 1 rings (SSSR count). The lowest BCUT2D eigenvalue weighted by Crippen LogP contribution is -2.46. The first-order valence-corrected chi connectivity index (χ1v) is 7.50. The van der Waals surface area contributed by atoms with E-state index in [0.29, 0.717) is 0 Å². The molecule has 1 unspecified atom stereocenters. The Bertz CT molecular complexity index is 431. The van der Waals surface area contributed by atoms with Crippen LogP contribution in [0.4, 0.5) is 0 Å². The van der Waals surface area contributed by atoms with Gasteiger partial charge in [0, 0.05) is 16.4 Å². The zero-order chi connectivity index (χ0) is 13.8. The summed E-state index contributed by atoms with van der Waals surface area (Å²) in [5.41, 5.74) is 2.85. The van der Waals surface area contributed by atoms with Gasteiger partial charge in [-0.15, -0.1) is 0 Å². The van der Waals surface area contributed by atoms with Crippen molar-refractivity contribution in [2.24, 2.45) is 0 Å². The Morgan fingerprint density at radius 2 is 2.06 bits per heavy atom. The lowest BCUT2D eigenvalue weighted by molar-refractivity contribution is 0.0901. The highest BCUT2D eigenvalue weighted by molar-refractivity contribution is 9.09. The fraction of sp³-hybridized carbons (Fsp3) is 0.533. The van der Waals surface area contributed by atoms with Crippen molar-refractivity contribution >= 4 is 21.8 Å². The van der Waals surface area contributed by atoms with Crippen LogP contribution in [0.15, 0.2) is 18.2 Å². The molecule has 1 amide bonds. The molecule has 1 atom stereocenters. The molecule has 0 aromatic heterocycles. The van der Waals surface area contributed by atoms with E-state index in [0.717, 1.165) is 29.3 Å². The molecular weight excluding hydrogens is 290 g/mol. The maximum Gasteiger partial charge on any atom is 0.251 e. The lowest BCUT2D eigenvalue weighted by Gasteiger charge is -2.29. The van der Waals surface area contributed by atoms with E-state index in [9.17, 15) is 4.79 Å². The Hall–Kier alpha value is -0.830. The van der Waals surface area contributed by atoms with Gasteiger partial charge in [-0.2, -0.15) is 0 Å². The highest BCUT2D eigenvalue weighted by Crippen LogP contribution is 2.18. The van der Waals surface area contributed by atoms with Crippen molar-refractivity contribution in [3.63, 3.8) is 0 Å². The first-order chi connectivity index (χ1) is 8.41. The van der Waals surface area contributed by atoms with Gasteiger partial charge in [0.05, 0.1) is 0 Å². The zero-order valence-electron chi connectivity index (χ0n) is 11.6. The SMILES string of the molecule is CCC(C)(CCBr)NC(=O)c1ccc(C)cc1C. The maximum atomic E-state index is 12.3. The van der Waals surface area contributed by atoms with Crippen LogP contribution >= 0.6 is 15.9 Å². The predicted molar refractivity (Wildman–Crippen MR) is 80.5 cm³/mol. The lowest BCUT2D eigenvalue weighted by atomic mass is 9.94. The average Bonchev–Trinajstić information content (AvgIpc) is 2.28. The summed E-state index contributed by atoms with van der Waals surface area (Å²) >= 11 is 3.44. The summed E-state index contributed by atoms with van der Waals surface area (Å²) in [6.07, 6.45) is 1.86. The van der Waals surface area contributed by atoms with E-state index in [1.807, 2.05) is 32.0 Å². The van der Waals surface area contributed by atoms with E-state index in [1.165, 1.54) is 5.56 Å². The maximum absolute atomic E-state index is 12.3. The van der Waals surface area contributed by atoms with E-state index in [2.05, 4.69) is 35.1 Å². The number of carbonyl (C=O) groups is 1. The van der Waals surface area contributed by atoms with E-state index in [1.54, 1.807) is 0 Å². The molecule has 0 fully saturated rings.